The largest absolute Gasteiger partial charge is 0.369 e. The summed E-state index contributed by atoms with van der Waals surface area (Å²) in [5.41, 5.74) is -0.204. The Morgan fingerprint density at radius 2 is 1.63 bits per heavy atom. The third-order valence-electron chi connectivity index (χ3n) is 5.21. The highest BCUT2D eigenvalue weighted by atomic mass is 19.3. The van der Waals surface area contributed by atoms with Gasteiger partial charge < -0.3 is 10.1 Å². The molecule has 0 aliphatic heterocycles. The molecule has 4 rings (SSSR count). The van der Waals surface area contributed by atoms with E-state index in [0.29, 0.717) is 6.54 Å². The number of hydrogen-bond donors (Lipinski definition) is 1. The average molecular weight is 273 g/mol. The molecule has 4 bridgehead atoms. The van der Waals surface area contributed by atoms with Crippen molar-refractivity contribution in [3.63, 3.8) is 0 Å². The number of ether oxygens (including phenoxy) is 1. The number of hydrogen-bond acceptors (Lipinski definition) is 2. The van der Waals surface area contributed by atoms with Crippen molar-refractivity contribution < 1.29 is 13.5 Å². The van der Waals surface area contributed by atoms with E-state index >= 15 is 0 Å². The summed E-state index contributed by atoms with van der Waals surface area (Å²) in [6.45, 7) is 1.74. The first-order valence-electron chi connectivity index (χ1n) is 7.73. The Hall–Kier alpha value is -0.220. The van der Waals surface area contributed by atoms with Crippen molar-refractivity contribution in [2.75, 3.05) is 19.7 Å². The van der Waals surface area contributed by atoms with Gasteiger partial charge in [0.2, 0.25) is 0 Å². The average Bonchev–Trinajstić information content (AvgIpc) is 2.33. The van der Waals surface area contributed by atoms with Crippen molar-refractivity contribution in [3.05, 3.63) is 0 Å². The second kappa shape index (κ2) is 4.96. The minimum Gasteiger partial charge on any atom is -0.369 e. The summed E-state index contributed by atoms with van der Waals surface area (Å²) in [7, 11) is 0. The van der Waals surface area contributed by atoms with Crippen molar-refractivity contribution in [2.45, 2.75) is 57.0 Å². The Kier molecular flexibility index (Phi) is 3.59. The summed E-state index contributed by atoms with van der Waals surface area (Å²) in [5.74, 6) is -0.504. The zero-order chi connectivity index (χ0) is 13.5. The minimum absolute atomic E-state index is 0.204. The third kappa shape index (κ3) is 2.94. The molecule has 4 aliphatic rings. The van der Waals surface area contributed by atoms with Gasteiger partial charge in [-0.1, -0.05) is 6.92 Å². The molecule has 4 heteroatoms. The Bertz CT molecular complexity index is 297. The number of halogens is 2. The quantitative estimate of drug-likeness (QED) is 0.802. The van der Waals surface area contributed by atoms with E-state index in [9.17, 15) is 8.78 Å². The van der Waals surface area contributed by atoms with Crippen LogP contribution in [0.15, 0.2) is 0 Å². The number of nitrogens with one attached hydrogen (secondary N) is 1. The summed E-state index contributed by atoms with van der Waals surface area (Å²) < 4.78 is 33.2. The van der Waals surface area contributed by atoms with Crippen LogP contribution < -0.4 is 5.32 Å². The summed E-state index contributed by atoms with van der Waals surface area (Å²) in [5, 5.41) is 2.72. The molecule has 0 radical (unpaired) electrons. The van der Waals surface area contributed by atoms with Gasteiger partial charge in [-0.2, -0.15) is 0 Å². The van der Waals surface area contributed by atoms with Crippen LogP contribution >= 0.6 is 0 Å². The Labute approximate surface area is 114 Å². The number of rotatable bonds is 6. The molecule has 2 nitrogen and oxygen atoms in total. The second-order valence-corrected chi connectivity index (χ2v) is 7.03. The van der Waals surface area contributed by atoms with Gasteiger partial charge in [0.15, 0.2) is 0 Å². The summed E-state index contributed by atoms with van der Waals surface area (Å²) >= 11 is 0. The Morgan fingerprint density at radius 3 is 2.11 bits per heavy atom. The van der Waals surface area contributed by atoms with E-state index in [2.05, 4.69) is 5.32 Å². The van der Waals surface area contributed by atoms with Gasteiger partial charge in [-0.3, -0.25) is 0 Å². The molecule has 0 aromatic heterocycles. The smallest absolute Gasteiger partial charge is 0.283 e. The lowest BCUT2D eigenvalue weighted by molar-refractivity contribution is -0.199. The van der Waals surface area contributed by atoms with Crippen LogP contribution in [0.4, 0.5) is 8.78 Å². The van der Waals surface area contributed by atoms with Crippen LogP contribution in [0.5, 0.6) is 0 Å². The molecule has 0 unspecified atom stereocenters. The van der Waals surface area contributed by atoms with Crippen LogP contribution in [0.3, 0.4) is 0 Å². The lowest BCUT2D eigenvalue weighted by atomic mass is 9.54. The van der Waals surface area contributed by atoms with E-state index in [1.165, 1.54) is 19.3 Å². The fraction of sp³-hybridized carbons (Fsp3) is 1.00. The van der Waals surface area contributed by atoms with Crippen LogP contribution in [0, 0.1) is 17.8 Å². The van der Waals surface area contributed by atoms with E-state index < -0.39 is 12.5 Å². The fourth-order valence-electron chi connectivity index (χ4n) is 4.83. The molecule has 110 valence electrons. The Morgan fingerprint density at radius 1 is 1.11 bits per heavy atom. The maximum Gasteiger partial charge on any atom is 0.283 e. The predicted molar refractivity (Wildman–Crippen MR) is 70.3 cm³/mol. The molecule has 0 saturated heterocycles. The molecule has 0 heterocycles. The third-order valence-corrected chi connectivity index (χ3v) is 5.21. The normalized spacial score (nSPS) is 40.9. The fourth-order valence-corrected chi connectivity index (χ4v) is 4.83. The molecule has 4 saturated carbocycles. The SMILES string of the molecule is CCNCC(F)(F)COC12CC3CC(CC(C3)C1)C2. The summed E-state index contributed by atoms with van der Waals surface area (Å²) in [6.07, 6.45) is 7.02. The highest BCUT2D eigenvalue weighted by molar-refractivity contribution is 5.03. The first-order chi connectivity index (χ1) is 9.00. The van der Waals surface area contributed by atoms with Crippen molar-refractivity contribution in [3.8, 4) is 0 Å². The van der Waals surface area contributed by atoms with Crippen LogP contribution in [0.1, 0.15) is 45.4 Å². The van der Waals surface area contributed by atoms with Gasteiger partial charge in [0.1, 0.15) is 6.61 Å². The maximum absolute atomic E-state index is 13.7. The summed E-state index contributed by atoms with van der Waals surface area (Å²) in [6, 6.07) is 0. The van der Waals surface area contributed by atoms with E-state index in [1.807, 2.05) is 6.92 Å². The first kappa shape index (κ1) is 13.7. The second-order valence-electron chi connectivity index (χ2n) is 7.03. The standard InChI is InChI=1S/C15H25F2NO/c1-2-18-9-15(16,17)10-19-14-6-11-3-12(7-14)5-13(4-11)8-14/h11-13,18H,2-10H2,1H3. The van der Waals surface area contributed by atoms with Gasteiger partial charge in [-0.25, -0.2) is 8.78 Å². The van der Waals surface area contributed by atoms with Crippen LogP contribution in [-0.4, -0.2) is 31.2 Å². The molecule has 0 aromatic carbocycles. The van der Waals surface area contributed by atoms with Crippen LogP contribution in [0.25, 0.3) is 0 Å². The van der Waals surface area contributed by atoms with Crippen molar-refractivity contribution in [2.24, 2.45) is 17.8 Å². The lowest BCUT2D eigenvalue weighted by Gasteiger charge is -2.56. The van der Waals surface area contributed by atoms with Crippen LogP contribution in [0.2, 0.25) is 0 Å². The van der Waals surface area contributed by atoms with E-state index in [0.717, 1.165) is 37.0 Å². The molecule has 1 N–H and O–H groups in total. The van der Waals surface area contributed by atoms with Crippen molar-refractivity contribution >= 4 is 0 Å². The molecule has 0 spiro atoms. The van der Waals surface area contributed by atoms with E-state index in [-0.39, 0.29) is 12.1 Å². The van der Waals surface area contributed by atoms with Gasteiger partial charge in [0, 0.05) is 0 Å². The zero-order valence-corrected chi connectivity index (χ0v) is 11.8. The lowest BCUT2D eigenvalue weighted by Crippen LogP contribution is -2.53. The molecule has 19 heavy (non-hydrogen) atoms. The van der Waals surface area contributed by atoms with E-state index in [1.54, 1.807) is 0 Å². The zero-order valence-electron chi connectivity index (χ0n) is 11.8. The molecule has 0 aromatic rings. The van der Waals surface area contributed by atoms with Gasteiger partial charge in [-0.05, 0) is 62.8 Å². The van der Waals surface area contributed by atoms with Gasteiger partial charge in [0.25, 0.3) is 5.92 Å². The van der Waals surface area contributed by atoms with Gasteiger partial charge in [0.05, 0.1) is 12.1 Å². The van der Waals surface area contributed by atoms with Crippen molar-refractivity contribution in [1.82, 2.24) is 5.32 Å². The van der Waals surface area contributed by atoms with E-state index in [4.69, 9.17) is 4.74 Å². The van der Waals surface area contributed by atoms with Gasteiger partial charge >= 0.3 is 0 Å². The highest BCUT2D eigenvalue weighted by Crippen LogP contribution is 2.57. The Balaban J connectivity index is 1.57. The van der Waals surface area contributed by atoms with Gasteiger partial charge in [-0.15, -0.1) is 0 Å². The molecule has 0 amide bonds. The molecular formula is C15H25F2NO. The minimum atomic E-state index is -2.74. The monoisotopic (exact) mass is 273 g/mol. The summed E-state index contributed by atoms with van der Waals surface area (Å²) in [4.78, 5) is 0. The molecule has 4 fully saturated rings. The molecular weight excluding hydrogens is 248 g/mol. The maximum atomic E-state index is 13.7. The number of alkyl halides is 2. The topological polar surface area (TPSA) is 21.3 Å². The predicted octanol–water partition coefficient (Wildman–Crippen LogP) is 3.22. The van der Waals surface area contributed by atoms with Crippen molar-refractivity contribution in [1.29, 1.82) is 0 Å². The van der Waals surface area contributed by atoms with Crippen LogP contribution in [-0.2, 0) is 4.74 Å². The molecule has 4 aliphatic carbocycles. The first-order valence-corrected chi connectivity index (χ1v) is 7.73. The molecule has 0 atom stereocenters. The highest BCUT2D eigenvalue weighted by Gasteiger charge is 2.52.